The first-order chi connectivity index (χ1) is 9.23. The predicted molar refractivity (Wildman–Crippen MR) is 71.2 cm³/mol. The van der Waals surface area contributed by atoms with Crippen LogP contribution < -0.4 is 20.5 Å². The summed E-state index contributed by atoms with van der Waals surface area (Å²) in [6.07, 6.45) is 3.90. The highest BCUT2D eigenvalue weighted by molar-refractivity contribution is 5.96. The van der Waals surface area contributed by atoms with Gasteiger partial charge in [-0.15, -0.1) is 0 Å². The molecule has 0 radical (unpaired) electrons. The van der Waals surface area contributed by atoms with Crippen LogP contribution >= 0.6 is 0 Å². The predicted octanol–water partition coefficient (Wildman–Crippen LogP) is 1.87. The molecule has 102 valence electrons. The van der Waals surface area contributed by atoms with Crippen LogP contribution in [0.25, 0.3) is 0 Å². The zero-order valence-corrected chi connectivity index (χ0v) is 10.8. The van der Waals surface area contributed by atoms with Gasteiger partial charge in [0.2, 0.25) is 12.7 Å². The number of nitrogens with two attached hydrogens (primary N) is 1. The number of ether oxygens (including phenoxy) is 2. The zero-order chi connectivity index (χ0) is 13.3. The van der Waals surface area contributed by atoms with E-state index in [9.17, 15) is 4.79 Å². The molecule has 3 rings (SSSR count). The number of rotatable bonds is 3. The van der Waals surface area contributed by atoms with Crippen molar-refractivity contribution in [2.45, 2.75) is 25.7 Å². The van der Waals surface area contributed by atoms with Gasteiger partial charge in [-0.1, -0.05) is 12.8 Å². The smallest absolute Gasteiger partial charge is 0.231 e. The van der Waals surface area contributed by atoms with Crippen LogP contribution in [0.1, 0.15) is 25.7 Å². The van der Waals surface area contributed by atoms with Crippen molar-refractivity contribution >= 4 is 11.6 Å². The van der Waals surface area contributed by atoms with Crippen molar-refractivity contribution in [2.24, 2.45) is 11.1 Å². The summed E-state index contributed by atoms with van der Waals surface area (Å²) < 4.78 is 10.5. The minimum absolute atomic E-state index is 0.0198. The Morgan fingerprint density at radius 1 is 1.26 bits per heavy atom. The molecule has 0 saturated heterocycles. The van der Waals surface area contributed by atoms with Gasteiger partial charge in [0.15, 0.2) is 11.5 Å². The summed E-state index contributed by atoms with van der Waals surface area (Å²) in [6, 6.07) is 5.42. The molecule has 0 aromatic heterocycles. The molecule has 0 spiro atoms. The Hall–Kier alpha value is -1.75. The lowest BCUT2D eigenvalue weighted by atomic mass is 9.85. The van der Waals surface area contributed by atoms with Crippen LogP contribution in [-0.2, 0) is 4.79 Å². The Kier molecular flexibility index (Phi) is 3.06. The average Bonchev–Trinajstić information content (AvgIpc) is 3.07. The maximum atomic E-state index is 12.4. The van der Waals surface area contributed by atoms with Crippen molar-refractivity contribution in [2.75, 3.05) is 18.7 Å². The Labute approximate surface area is 112 Å². The molecule has 0 bridgehead atoms. The molecule has 1 amide bonds. The average molecular weight is 262 g/mol. The standard InChI is InChI=1S/C14H18N2O3/c15-8-14(5-1-2-6-14)13(17)16-10-3-4-11-12(7-10)19-9-18-11/h3-4,7H,1-2,5-6,8-9,15H2,(H,16,17). The van der Waals surface area contributed by atoms with Gasteiger partial charge in [0.05, 0.1) is 5.41 Å². The molecule has 5 heteroatoms. The number of hydrogen-bond donors (Lipinski definition) is 2. The van der Waals surface area contributed by atoms with E-state index in [0.29, 0.717) is 18.0 Å². The zero-order valence-electron chi connectivity index (χ0n) is 10.8. The Morgan fingerprint density at radius 3 is 2.74 bits per heavy atom. The van der Waals surface area contributed by atoms with Gasteiger partial charge in [-0.05, 0) is 25.0 Å². The normalized spacial score (nSPS) is 19.4. The fourth-order valence-electron chi connectivity index (χ4n) is 2.81. The van der Waals surface area contributed by atoms with Crippen LogP contribution in [0, 0.1) is 5.41 Å². The lowest BCUT2D eigenvalue weighted by Crippen LogP contribution is -2.40. The molecule has 2 aliphatic rings. The molecule has 1 aliphatic heterocycles. The summed E-state index contributed by atoms with van der Waals surface area (Å²) in [4.78, 5) is 12.4. The highest BCUT2D eigenvalue weighted by Crippen LogP contribution is 2.39. The van der Waals surface area contributed by atoms with Gasteiger partial charge in [-0.25, -0.2) is 0 Å². The van der Waals surface area contributed by atoms with E-state index in [-0.39, 0.29) is 12.7 Å². The number of nitrogens with one attached hydrogen (secondary N) is 1. The van der Waals surface area contributed by atoms with Crippen LogP contribution in [0.2, 0.25) is 0 Å². The number of amides is 1. The largest absolute Gasteiger partial charge is 0.454 e. The highest BCUT2D eigenvalue weighted by Gasteiger charge is 2.39. The molecule has 1 aromatic rings. The summed E-state index contributed by atoms with van der Waals surface area (Å²) in [7, 11) is 0. The van der Waals surface area contributed by atoms with E-state index >= 15 is 0 Å². The van der Waals surface area contributed by atoms with Gasteiger partial charge >= 0.3 is 0 Å². The number of fused-ring (bicyclic) bond motifs is 1. The minimum atomic E-state index is -0.392. The number of anilines is 1. The number of carbonyl (C=O) groups is 1. The third kappa shape index (κ3) is 2.14. The van der Waals surface area contributed by atoms with Gasteiger partial charge in [0.25, 0.3) is 0 Å². The van der Waals surface area contributed by atoms with E-state index in [4.69, 9.17) is 15.2 Å². The van der Waals surface area contributed by atoms with Gasteiger partial charge in [-0.2, -0.15) is 0 Å². The second-order valence-electron chi connectivity index (χ2n) is 5.21. The van der Waals surface area contributed by atoms with Crippen LogP contribution in [0.5, 0.6) is 11.5 Å². The third-order valence-electron chi connectivity index (χ3n) is 4.06. The highest BCUT2D eigenvalue weighted by atomic mass is 16.7. The van der Waals surface area contributed by atoms with E-state index in [0.717, 1.165) is 31.4 Å². The van der Waals surface area contributed by atoms with E-state index in [1.165, 1.54) is 0 Å². The van der Waals surface area contributed by atoms with Crippen LogP contribution in [0.15, 0.2) is 18.2 Å². The summed E-state index contributed by atoms with van der Waals surface area (Å²) in [5.41, 5.74) is 6.15. The van der Waals surface area contributed by atoms with Gasteiger partial charge in [0.1, 0.15) is 0 Å². The fourth-order valence-corrected chi connectivity index (χ4v) is 2.81. The van der Waals surface area contributed by atoms with E-state index in [2.05, 4.69) is 5.32 Å². The quantitative estimate of drug-likeness (QED) is 0.872. The second-order valence-corrected chi connectivity index (χ2v) is 5.21. The summed E-state index contributed by atoms with van der Waals surface area (Å²) >= 11 is 0. The molecular formula is C14H18N2O3. The van der Waals surface area contributed by atoms with E-state index < -0.39 is 5.41 Å². The number of hydrogen-bond acceptors (Lipinski definition) is 4. The minimum Gasteiger partial charge on any atom is -0.454 e. The van der Waals surface area contributed by atoms with Crippen molar-refractivity contribution in [1.29, 1.82) is 0 Å². The topological polar surface area (TPSA) is 73.6 Å². The molecule has 19 heavy (non-hydrogen) atoms. The lowest BCUT2D eigenvalue weighted by Gasteiger charge is -2.25. The first kappa shape index (κ1) is 12.3. The van der Waals surface area contributed by atoms with Crippen molar-refractivity contribution in [1.82, 2.24) is 0 Å². The second kappa shape index (κ2) is 4.74. The van der Waals surface area contributed by atoms with Crippen LogP contribution in [0.3, 0.4) is 0 Å². The van der Waals surface area contributed by atoms with E-state index in [1.54, 1.807) is 6.07 Å². The molecule has 5 nitrogen and oxygen atoms in total. The molecule has 3 N–H and O–H groups in total. The maximum Gasteiger partial charge on any atom is 0.231 e. The van der Waals surface area contributed by atoms with Crippen molar-refractivity contribution in [3.05, 3.63) is 18.2 Å². The monoisotopic (exact) mass is 262 g/mol. The first-order valence-electron chi connectivity index (χ1n) is 6.65. The number of carbonyl (C=O) groups excluding carboxylic acids is 1. The Morgan fingerprint density at radius 2 is 2.00 bits per heavy atom. The Bertz CT molecular complexity index is 495. The fraction of sp³-hybridized carbons (Fsp3) is 0.500. The van der Waals surface area contributed by atoms with E-state index in [1.807, 2.05) is 12.1 Å². The molecule has 0 unspecified atom stereocenters. The molecule has 1 fully saturated rings. The van der Waals surface area contributed by atoms with Gasteiger partial charge in [0, 0.05) is 18.3 Å². The molecule has 1 aliphatic carbocycles. The van der Waals surface area contributed by atoms with Crippen LogP contribution in [0.4, 0.5) is 5.69 Å². The number of benzene rings is 1. The Balaban J connectivity index is 1.76. The molecule has 1 heterocycles. The molecule has 1 aromatic carbocycles. The lowest BCUT2D eigenvalue weighted by molar-refractivity contribution is -0.124. The summed E-state index contributed by atoms with van der Waals surface area (Å²) in [5.74, 6) is 1.41. The molecular weight excluding hydrogens is 244 g/mol. The summed E-state index contributed by atoms with van der Waals surface area (Å²) in [5, 5.41) is 2.95. The van der Waals surface area contributed by atoms with Gasteiger partial charge in [-0.3, -0.25) is 4.79 Å². The van der Waals surface area contributed by atoms with Crippen LogP contribution in [-0.4, -0.2) is 19.2 Å². The summed E-state index contributed by atoms with van der Waals surface area (Å²) in [6.45, 7) is 0.642. The van der Waals surface area contributed by atoms with Crippen molar-refractivity contribution in [3.63, 3.8) is 0 Å². The first-order valence-corrected chi connectivity index (χ1v) is 6.65. The SMILES string of the molecule is NCC1(C(=O)Nc2ccc3c(c2)OCO3)CCCC1. The maximum absolute atomic E-state index is 12.4. The molecule has 0 atom stereocenters. The molecule has 1 saturated carbocycles. The van der Waals surface area contributed by atoms with Crippen molar-refractivity contribution < 1.29 is 14.3 Å². The van der Waals surface area contributed by atoms with Gasteiger partial charge < -0.3 is 20.5 Å². The third-order valence-corrected chi connectivity index (χ3v) is 4.06. The van der Waals surface area contributed by atoms with Crippen molar-refractivity contribution in [3.8, 4) is 11.5 Å².